The monoisotopic (exact) mass is 207 g/mol. The quantitative estimate of drug-likeness (QED) is 0.696. The van der Waals surface area contributed by atoms with E-state index < -0.39 is 0 Å². The van der Waals surface area contributed by atoms with Gasteiger partial charge in [-0.15, -0.1) is 0 Å². The summed E-state index contributed by atoms with van der Waals surface area (Å²) in [6.07, 6.45) is 0.951. The molecule has 0 bridgehead atoms. The number of carbonyl (C=O) groups is 1. The summed E-state index contributed by atoms with van der Waals surface area (Å²) in [4.78, 5) is 11.8. The maximum Gasteiger partial charge on any atom is 0.235 e. The van der Waals surface area contributed by atoms with Crippen LogP contribution in [0, 0.1) is 5.92 Å². The van der Waals surface area contributed by atoms with Gasteiger partial charge in [0.25, 0.3) is 0 Å². The van der Waals surface area contributed by atoms with Crippen molar-refractivity contribution in [3.8, 4) is 0 Å². The third-order valence-corrected chi connectivity index (χ3v) is 3.66. The molecule has 0 aromatic heterocycles. The lowest BCUT2D eigenvalue weighted by Crippen LogP contribution is -2.20. The Morgan fingerprint density at radius 1 is 1.57 bits per heavy atom. The van der Waals surface area contributed by atoms with Gasteiger partial charge in [-0.25, -0.2) is 0 Å². The van der Waals surface area contributed by atoms with E-state index in [1.54, 1.807) is 0 Å². The first-order valence-electron chi connectivity index (χ1n) is 4.76. The van der Waals surface area contributed by atoms with Gasteiger partial charge in [0.05, 0.1) is 5.41 Å². The van der Waals surface area contributed by atoms with Crippen LogP contribution in [0.15, 0.2) is 18.2 Å². The molecule has 0 radical (unpaired) electrons. The Balaban J connectivity index is 2.22. The molecule has 1 amide bonds. The second-order valence-corrected chi connectivity index (χ2v) is 4.66. The molecule has 0 saturated heterocycles. The highest BCUT2D eigenvalue weighted by molar-refractivity contribution is 6.31. The van der Waals surface area contributed by atoms with Crippen molar-refractivity contribution in [3.63, 3.8) is 0 Å². The Bertz CT molecular complexity index is 443. The standard InChI is InChI=1S/C11H10ClNO/c1-6-5-11(6)8-4-7(12)2-3-9(8)13-10(11)14/h2-4,6H,5H2,1H3,(H,13,14)/t6-,11-/m0/s1. The van der Waals surface area contributed by atoms with Crippen LogP contribution in [0.4, 0.5) is 5.69 Å². The molecule has 2 nitrogen and oxygen atoms in total. The van der Waals surface area contributed by atoms with E-state index in [9.17, 15) is 4.79 Å². The summed E-state index contributed by atoms with van der Waals surface area (Å²) in [5.74, 6) is 0.587. The number of rotatable bonds is 0. The van der Waals surface area contributed by atoms with Gasteiger partial charge in [0.15, 0.2) is 0 Å². The van der Waals surface area contributed by atoms with Crippen molar-refractivity contribution in [2.75, 3.05) is 5.32 Å². The molecule has 2 aliphatic rings. The summed E-state index contributed by atoms with van der Waals surface area (Å²) in [5, 5.41) is 3.62. The van der Waals surface area contributed by atoms with E-state index in [2.05, 4.69) is 12.2 Å². The zero-order chi connectivity index (χ0) is 9.92. The minimum absolute atomic E-state index is 0.141. The summed E-state index contributed by atoms with van der Waals surface area (Å²) < 4.78 is 0. The fraction of sp³-hybridized carbons (Fsp3) is 0.364. The second-order valence-electron chi connectivity index (χ2n) is 4.22. The topological polar surface area (TPSA) is 29.1 Å². The Labute approximate surface area is 87.3 Å². The van der Waals surface area contributed by atoms with Gasteiger partial charge in [-0.1, -0.05) is 18.5 Å². The first kappa shape index (κ1) is 8.30. The van der Waals surface area contributed by atoms with E-state index in [1.165, 1.54) is 0 Å². The second kappa shape index (κ2) is 2.31. The zero-order valence-electron chi connectivity index (χ0n) is 7.80. The van der Waals surface area contributed by atoms with Gasteiger partial charge < -0.3 is 5.32 Å². The van der Waals surface area contributed by atoms with E-state index in [0.717, 1.165) is 17.7 Å². The zero-order valence-corrected chi connectivity index (χ0v) is 8.56. The van der Waals surface area contributed by atoms with E-state index >= 15 is 0 Å². The van der Waals surface area contributed by atoms with Crippen molar-refractivity contribution in [1.29, 1.82) is 0 Å². The van der Waals surface area contributed by atoms with Crippen LogP contribution < -0.4 is 5.32 Å². The molecule has 0 unspecified atom stereocenters. The maximum atomic E-state index is 11.8. The van der Waals surface area contributed by atoms with E-state index in [1.807, 2.05) is 18.2 Å². The third-order valence-electron chi connectivity index (χ3n) is 3.42. The summed E-state index contributed by atoms with van der Waals surface area (Å²) in [7, 11) is 0. The number of hydrogen-bond acceptors (Lipinski definition) is 1. The van der Waals surface area contributed by atoms with Crippen LogP contribution in [-0.4, -0.2) is 5.91 Å². The molecular weight excluding hydrogens is 198 g/mol. The van der Waals surface area contributed by atoms with Gasteiger partial charge in [0.2, 0.25) is 5.91 Å². The van der Waals surface area contributed by atoms with Crippen LogP contribution in [0.5, 0.6) is 0 Å². The predicted octanol–water partition coefficient (Wildman–Crippen LogP) is 2.57. The maximum absolute atomic E-state index is 11.8. The summed E-state index contributed by atoms with van der Waals surface area (Å²) in [5.41, 5.74) is 1.77. The van der Waals surface area contributed by atoms with Crippen LogP contribution in [-0.2, 0) is 10.2 Å². The highest BCUT2D eigenvalue weighted by atomic mass is 35.5. The van der Waals surface area contributed by atoms with Crippen LogP contribution >= 0.6 is 11.6 Å². The molecule has 1 aliphatic carbocycles. The van der Waals surface area contributed by atoms with Gasteiger partial charge in [0, 0.05) is 10.7 Å². The molecule has 1 aliphatic heterocycles. The van der Waals surface area contributed by atoms with Crippen LogP contribution in [0.3, 0.4) is 0 Å². The first-order chi connectivity index (χ1) is 6.64. The molecule has 3 rings (SSSR count). The Hall–Kier alpha value is -1.02. The van der Waals surface area contributed by atoms with Crippen molar-refractivity contribution >= 4 is 23.2 Å². The molecule has 14 heavy (non-hydrogen) atoms. The van der Waals surface area contributed by atoms with Crippen molar-refractivity contribution in [1.82, 2.24) is 0 Å². The largest absolute Gasteiger partial charge is 0.325 e. The number of nitrogens with one attached hydrogen (secondary N) is 1. The number of carbonyl (C=O) groups excluding carboxylic acids is 1. The van der Waals surface area contributed by atoms with Gasteiger partial charge >= 0.3 is 0 Å². The highest BCUT2D eigenvalue weighted by Crippen LogP contribution is 2.59. The van der Waals surface area contributed by atoms with Crippen LogP contribution in [0.2, 0.25) is 5.02 Å². The van der Waals surface area contributed by atoms with E-state index in [-0.39, 0.29) is 11.3 Å². The average molecular weight is 208 g/mol. The number of hydrogen-bond donors (Lipinski definition) is 1. The number of fused-ring (bicyclic) bond motifs is 2. The number of amides is 1. The van der Waals surface area contributed by atoms with E-state index in [0.29, 0.717) is 10.9 Å². The predicted molar refractivity (Wildman–Crippen MR) is 55.5 cm³/mol. The minimum atomic E-state index is -0.250. The third kappa shape index (κ3) is 0.800. The lowest BCUT2D eigenvalue weighted by atomic mass is 9.95. The molecule has 1 saturated carbocycles. The highest BCUT2D eigenvalue weighted by Gasteiger charge is 2.62. The fourth-order valence-electron chi connectivity index (χ4n) is 2.47. The Morgan fingerprint density at radius 2 is 2.29 bits per heavy atom. The molecule has 3 heteroatoms. The summed E-state index contributed by atoms with van der Waals surface area (Å²) in [6, 6.07) is 5.61. The normalized spacial score (nSPS) is 33.0. The van der Waals surface area contributed by atoms with Crippen molar-refractivity contribution in [2.24, 2.45) is 5.92 Å². The van der Waals surface area contributed by atoms with Crippen molar-refractivity contribution in [3.05, 3.63) is 28.8 Å². The average Bonchev–Trinajstić information content (AvgIpc) is 2.74. The smallest absolute Gasteiger partial charge is 0.235 e. The molecule has 1 fully saturated rings. The SMILES string of the molecule is C[C@H]1C[C@]12C(=O)Nc1ccc(Cl)cc12. The molecule has 1 spiro atoms. The Kier molecular flexibility index (Phi) is 1.37. The summed E-state index contributed by atoms with van der Waals surface area (Å²) in [6.45, 7) is 2.11. The van der Waals surface area contributed by atoms with Gasteiger partial charge in [-0.05, 0) is 36.1 Å². The van der Waals surface area contributed by atoms with Crippen LogP contribution in [0.1, 0.15) is 18.9 Å². The molecular formula is C11H10ClNO. The lowest BCUT2D eigenvalue weighted by molar-refractivity contribution is -0.118. The van der Waals surface area contributed by atoms with E-state index in [4.69, 9.17) is 11.6 Å². The summed E-state index contributed by atoms with van der Waals surface area (Å²) >= 11 is 5.93. The van der Waals surface area contributed by atoms with Gasteiger partial charge in [-0.3, -0.25) is 4.79 Å². The molecule has 2 atom stereocenters. The number of anilines is 1. The Morgan fingerprint density at radius 3 is 2.93 bits per heavy atom. The molecule has 1 heterocycles. The molecule has 1 N–H and O–H groups in total. The molecule has 1 aromatic rings. The van der Waals surface area contributed by atoms with Crippen molar-refractivity contribution < 1.29 is 4.79 Å². The minimum Gasteiger partial charge on any atom is -0.325 e. The first-order valence-corrected chi connectivity index (χ1v) is 5.14. The van der Waals surface area contributed by atoms with Gasteiger partial charge in [-0.2, -0.15) is 0 Å². The fourth-order valence-corrected chi connectivity index (χ4v) is 2.64. The molecule has 1 aromatic carbocycles. The van der Waals surface area contributed by atoms with Crippen LogP contribution in [0.25, 0.3) is 0 Å². The van der Waals surface area contributed by atoms with Gasteiger partial charge in [0.1, 0.15) is 0 Å². The van der Waals surface area contributed by atoms with Crippen molar-refractivity contribution in [2.45, 2.75) is 18.8 Å². The number of halogens is 1. The lowest BCUT2D eigenvalue weighted by Gasteiger charge is -2.05. The number of benzene rings is 1. The molecule has 72 valence electrons.